The first-order chi connectivity index (χ1) is 15.0. The van der Waals surface area contributed by atoms with Gasteiger partial charge in [0.25, 0.3) is 5.91 Å². The van der Waals surface area contributed by atoms with Gasteiger partial charge in [-0.05, 0) is 34.5 Å². The first-order valence-corrected chi connectivity index (χ1v) is 11.7. The molecule has 8 heteroatoms. The molecule has 160 valence electrons. The number of carbonyl (C=O) groups is 1. The lowest BCUT2D eigenvalue weighted by atomic mass is 10.0. The molecular weight excluding hydrogens is 414 g/mol. The molecule has 0 aliphatic carbocycles. The van der Waals surface area contributed by atoms with Crippen molar-refractivity contribution in [3.05, 3.63) is 66.2 Å². The Bertz CT molecular complexity index is 1250. The zero-order valence-electron chi connectivity index (χ0n) is 17.0. The molecule has 0 bridgehead atoms. The van der Waals surface area contributed by atoms with Crippen LogP contribution in [-0.4, -0.2) is 56.3 Å². The predicted octanol–water partition coefficient (Wildman–Crippen LogP) is 2.68. The molecule has 3 aromatic carbocycles. The average molecular weight is 438 g/mol. The number of rotatable bonds is 4. The van der Waals surface area contributed by atoms with E-state index in [0.717, 1.165) is 6.54 Å². The van der Waals surface area contributed by atoms with Gasteiger partial charge in [0.05, 0.1) is 10.6 Å². The summed E-state index contributed by atoms with van der Waals surface area (Å²) in [5.41, 5.74) is 1.65. The van der Waals surface area contributed by atoms with E-state index >= 15 is 0 Å². The molecular formula is C23H23N3O4S. The minimum atomic E-state index is -3.64. The lowest BCUT2D eigenvalue weighted by molar-refractivity contribution is -0.118. The van der Waals surface area contributed by atoms with E-state index in [1.54, 1.807) is 6.07 Å². The molecule has 7 nitrogen and oxygen atoms in total. The maximum absolute atomic E-state index is 13.1. The van der Waals surface area contributed by atoms with Gasteiger partial charge in [-0.15, -0.1) is 0 Å². The van der Waals surface area contributed by atoms with Crippen LogP contribution >= 0.6 is 0 Å². The summed E-state index contributed by atoms with van der Waals surface area (Å²) in [5.74, 6) is 0.197. The highest BCUT2D eigenvalue weighted by molar-refractivity contribution is 7.89. The van der Waals surface area contributed by atoms with E-state index in [1.165, 1.54) is 32.8 Å². The van der Waals surface area contributed by atoms with Crippen LogP contribution in [-0.2, 0) is 21.4 Å². The van der Waals surface area contributed by atoms with Gasteiger partial charge in [-0.1, -0.05) is 42.5 Å². The van der Waals surface area contributed by atoms with E-state index in [1.807, 2.05) is 12.1 Å². The number of piperazine rings is 1. The molecule has 2 aliphatic rings. The highest BCUT2D eigenvalue weighted by Gasteiger charge is 2.30. The Morgan fingerprint density at radius 1 is 0.935 bits per heavy atom. The molecule has 2 heterocycles. The van der Waals surface area contributed by atoms with Crippen molar-refractivity contribution in [3.63, 3.8) is 0 Å². The van der Waals surface area contributed by atoms with Crippen molar-refractivity contribution < 1.29 is 17.9 Å². The van der Waals surface area contributed by atoms with E-state index in [2.05, 4.69) is 40.5 Å². The molecule has 0 unspecified atom stereocenters. The number of amides is 1. The van der Waals surface area contributed by atoms with Crippen LogP contribution < -0.4 is 10.1 Å². The molecule has 0 aromatic heterocycles. The number of carbonyl (C=O) groups excluding carboxylic acids is 1. The Hall–Kier alpha value is -2.94. The fraction of sp³-hybridized carbons (Fsp3) is 0.261. The van der Waals surface area contributed by atoms with Crippen molar-refractivity contribution in [1.29, 1.82) is 0 Å². The minimum Gasteiger partial charge on any atom is -0.482 e. The van der Waals surface area contributed by atoms with Crippen LogP contribution in [0.15, 0.2) is 65.6 Å². The summed E-state index contributed by atoms with van der Waals surface area (Å²) in [6.07, 6.45) is 0. The highest BCUT2D eigenvalue weighted by Crippen LogP contribution is 2.31. The first kappa shape index (κ1) is 20.0. The summed E-state index contributed by atoms with van der Waals surface area (Å²) < 4.78 is 33.1. The topological polar surface area (TPSA) is 79.0 Å². The van der Waals surface area contributed by atoms with Crippen LogP contribution in [0.25, 0.3) is 10.8 Å². The number of nitrogens with zero attached hydrogens (tertiary/aromatic N) is 2. The minimum absolute atomic E-state index is 0.0578. The SMILES string of the molecule is O=C1COc2ccc(S(=O)(=O)N3CCN(Cc4cccc5ccccc45)CC3)cc2N1. The highest BCUT2D eigenvalue weighted by atomic mass is 32.2. The summed E-state index contributed by atoms with van der Waals surface area (Å²) in [7, 11) is -3.64. The van der Waals surface area contributed by atoms with Gasteiger partial charge < -0.3 is 10.1 Å². The van der Waals surface area contributed by atoms with Crippen molar-refractivity contribution >= 4 is 32.4 Å². The van der Waals surface area contributed by atoms with Gasteiger partial charge in [-0.3, -0.25) is 9.69 Å². The molecule has 31 heavy (non-hydrogen) atoms. The standard InChI is InChI=1S/C23H23N3O4S/c27-23-16-30-22-9-8-19(14-21(22)24-23)31(28,29)26-12-10-25(11-13-26)15-18-6-3-5-17-4-1-2-7-20(17)18/h1-9,14H,10-13,15-16H2,(H,24,27). The van der Waals surface area contributed by atoms with Crippen LogP contribution in [0.4, 0.5) is 5.69 Å². The molecule has 1 saturated heterocycles. The Balaban J connectivity index is 1.29. The quantitative estimate of drug-likeness (QED) is 0.679. The zero-order valence-corrected chi connectivity index (χ0v) is 17.8. The van der Waals surface area contributed by atoms with Crippen molar-refractivity contribution in [3.8, 4) is 5.75 Å². The first-order valence-electron chi connectivity index (χ1n) is 10.3. The number of ether oxygens (including phenoxy) is 1. The monoisotopic (exact) mass is 437 g/mol. The van der Waals surface area contributed by atoms with Crippen LogP contribution in [0.5, 0.6) is 5.75 Å². The third kappa shape index (κ3) is 3.89. The number of benzene rings is 3. The second-order valence-electron chi connectivity index (χ2n) is 7.81. The number of sulfonamides is 1. The fourth-order valence-corrected chi connectivity index (χ4v) is 5.62. The number of nitrogens with one attached hydrogen (secondary N) is 1. The van der Waals surface area contributed by atoms with Gasteiger partial charge in [-0.2, -0.15) is 4.31 Å². The molecule has 0 atom stereocenters. The van der Waals surface area contributed by atoms with Crippen LogP contribution in [0.2, 0.25) is 0 Å². The molecule has 0 spiro atoms. The molecule has 2 aliphatic heterocycles. The molecule has 5 rings (SSSR count). The molecule has 1 fully saturated rings. The van der Waals surface area contributed by atoms with Gasteiger partial charge >= 0.3 is 0 Å². The van der Waals surface area contributed by atoms with Gasteiger partial charge in [0.2, 0.25) is 10.0 Å². The van der Waals surface area contributed by atoms with E-state index in [0.29, 0.717) is 37.6 Å². The number of anilines is 1. The maximum atomic E-state index is 13.1. The van der Waals surface area contributed by atoms with Crippen molar-refractivity contribution in [2.24, 2.45) is 0 Å². The van der Waals surface area contributed by atoms with E-state index in [9.17, 15) is 13.2 Å². The van der Waals surface area contributed by atoms with Gasteiger partial charge in [0, 0.05) is 32.7 Å². The summed E-state index contributed by atoms with van der Waals surface area (Å²) in [6.45, 7) is 2.90. The number of fused-ring (bicyclic) bond motifs is 2. The Morgan fingerprint density at radius 3 is 2.55 bits per heavy atom. The number of hydrogen-bond donors (Lipinski definition) is 1. The largest absolute Gasteiger partial charge is 0.482 e. The van der Waals surface area contributed by atoms with E-state index in [-0.39, 0.29) is 17.4 Å². The van der Waals surface area contributed by atoms with Gasteiger partial charge in [0.1, 0.15) is 5.75 Å². The zero-order chi connectivity index (χ0) is 21.4. The van der Waals surface area contributed by atoms with E-state index < -0.39 is 10.0 Å². The van der Waals surface area contributed by atoms with Crippen LogP contribution in [0.3, 0.4) is 0 Å². The lowest BCUT2D eigenvalue weighted by Crippen LogP contribution is -2.48. The molecule has 0 saturated carbocycles. The lowest BCUT2D eigenvalue weighted by Gasteiger charge is -2.34. The summed E-state index contributed by atoms with van der Waals surface area (Å²) in [5, 5.41) is 5.12. The molecule has 3 aromatic rings. The second kappa shape index (κ2) is 7.96. The fourth-order valence-electron chi connectivity index (χ4n) is 4.17. The van der Waals surface area contributed by atoms with E-state index in [4.69, 9.17) is 4.74 Å². The number of hydrogen-bond acceptors (Lipinski definition) is 5. The maximum Gasteiger partial charge on any atom is 0.262 e. The van der Waals surface area contributed by atoms with Crippen molar-refractivity contribution in [2.45, 2.75) is 11.4 Å². The van der Waals surface area contributed by atoms with Gasteiger partial charge in [-0.25, -0.2) is 8.42 Å². The molecule has 1 N–H and O–H groups in total. The smallest absolute Gasteiger partial charge is 0.262 e. The Labute approximate surface area is 181 Å². The third-order valence-corrected chi connectivity index (χ3v) is 7.72. The Kier molecular flexibility index (Phi) is 5.13. The molecule has 0 radical (unpaired) electrons. The predicted molar refractivity (Wildman–Crippen MR) is 119 cm³/mol. The van der Waals surface area contributed by atoms with Crippen molar-refractivity contribution in [2.75, 3.05) is 38.1 Å². The molecule has 1 amide bonds. The Morgan fingerprint density at radius 2 is 1.71 bits per heavy atom. The van der Waals surface area contributed by atoms with Crippen LogP contribution in [0.1, 0.15) is 5.56 Å². The summed E-state index contributed by atoms with van der Waals surface area (Å²) in [6, 6.07) is 19.2. The summed E-state index contributed by atoms with van der Waals surface area (Å²) >= 11 is 0. The summed E-state index contributed by atoms with van der Waals surface area (Å²) in [4.78, 5) is 14.0. The third-order valence-electron chi connectivity index (χ3n) is 5.83. The second-order valence-corrected chi connectivity index (χ2v) is 9.75. The average Bonchev–Trinajstić information content (AvgIpc) is 2.79. The van der Waals surface area contributed by atoms with Gasteiger partial charge in [0.15, 0.2) is 6.61 Å². The van der Waals surface area contributed by atoms with Crippen LogP contribution in [0, 0.1) is 0 Å². The van der Waals surface area contributed by atoms with Crippen molar-refractivity contribution in [1.82, 2.24) is 9.21 Å². The normalized spacial score (nSPS) is 17.7.